The maximum absolute atomic E-state index is 2.17. The summed E-state index contributed by atoms with van der Waals surface area (Å²) in [7, 11) is 0.777. The van der Waals surface area contributed by atoms with Gasteiger partial charge in [0.25, 0.3) is 0 Å². The monoisotopic (exact) mass is 602 g/mol. The molecule has 2 aromatic rings. The van der Waals surface area contributed by atoms with E-state index in [4.69, 9.17) is 0 Å². The zero-order chi connectivity index (χ0) is 16.0. The molecule has 4 rings (SSSR count). The van der Waals surface area contributed by atoms with Crippen molar-refractivity contribution in [2.75, 3.05) is 0 Å². The van der Waals surface area contributed by atoms with Crippen LogP contribution in [0.15, 0.2) is 60.7 Å². The van der Waals surface area contributed by atoms with Crippen LogP contribution < -0.4 is 23.0 Å². The first-order valence-corrected chi connectivity index (χ1v) is 8.65. The van der Waals surface area contributed by atoms with Gasteiger partial charge >= 0.3 is 38.1 Å². The minimum Gasteiger partial charge on any atom is -1.00 e. The Labute approximate surface area is 193 Å². The maximum Gasteiger partial charge on any atom is 2.00 e. The summed E-state index contributed by atoms with van der Waals surface area (Å²) in [6.45, 7) is 0. The molecule has 4 heteroatoms. The zero-order valence-electron chi connectivity index (χ0n) is 14.1. The predicted molar refractivity (Wildman–Crippen MR) is 103 cm³/mol. The molecule has 0 aliphatic heterocycles. The van der Waals surface area contributed by atoms with Crippen LogP contribution in [0.4, 0.5) is 0 Å². The number of halogens is 1. The Balaban J connectivity index is 0. The molecule has 0 bridgehead atoms. The van der Waals surface area contributed by atoms with Crippen molar-refractivity contribution in [3.05, 3.63) is 125 Å². The molecule has 0 amide bonds. The summed E-state index contributed by atoms with van der Waals surface area (Å²) in [4.78, 5) is 0. The third-order valence-electron chi connectivity index (χ3n) is 2.95. The van der Waals surface area contributed by atoms with Gasteiger partial charge < -0.3 is 12.4 Å². The van der Waals surface area contributed by atoms with E-state index in [9.17, 15) is 0 Å². The minimum atomic E-state index is 0. The second-order valence-corrected chi connectivity index (χ2v) is 6.19. The topological polar surface area (TPSA) is 0 Å². The van der Waals surface area contributed by atoms with Gasteiger partial charge in [0.2, 0.25) is 0 Å². The van der Waals surface area contributed by atoms with Crippen molar-refractivity contribution in [3.8, 4) is 0 Å². The molecule has 2 aromatic carbocycles. The van der Waals surface area contributed by atoms with Gasteiger partial charge in [-0.1, -0.05) is 69.2 Å². The molecular weight excluding hydrogens is 582 g/mol. The SMILES string of the molecule is [CH]1[CH][CH][CH][CH]1.[CH]1[CH][CH][CH][CH]1.[Cl-].[Fe+2].[Pt+2].c1ccc(Pc2ccccc2)cc1. The summed E-state index contributed by atoms with van der Waals surface area (Å²) in [6, 6.07) is 21.2. The van der Waals surface area contributed by atoms with E-state index in [2.05, 4.69) is 60.7 Å². The quantitative estimate of drug-likeness (QED) is 0.360. The normalized spacial score (nSPS) is 14.2. The molecule has 2 aliphatic carbocycles. The van der Waals surface area contributed by atoms with Crippen molar-refractivity contribution in [2.24, 2.45) is 0 Å². The fraction of sp³-hybridized carbons (Fsp3) is 0. The van der Waals surface area contributed by atoms with Gasteiger partial charge in [-0.3, -0.25) is 0 Å². The largest absolute Gasteiger partial charge is 2.00 e. The first kappa shape index (κ1) is 28.6. The molecule has 0 heterocycles. The summed E-state index contributed by atoms with van der Waals surface area (Å²) < 4.78 is 0. The molecule has 0 saturated heterocycles. The second kappa shape index (κ2) is 20.1. The fourth-order valence-electron chi connectivity index (χ4n) is 1.85. The molecule has 10 radical (unpaired) electrons. The van der Waals surface area contributed by atoms with E-state index in [0.29, 0.717) is 0 Å². The van der Waals surface area contributed by atoms with Gasteiger partial charge in [0.05, 0.1) is 0 Å². The van der Waals surface area contributed by atoms with Gasteiger partial charge in [0.1, 0.15) is 0 Å². The van der Waals surface area contributed by atoms with Crippen LogP contribution in [0.25, 0.3) is 0 Å². The molecule has 0 aromatic heterocycles. The van der Waals surface area contributed by atoms with E-state index in [1.807, 2.05) is 64.2 Å². The molecular formula is C22H21ClFePPt+3. The maximum atomic E-state index is 2.17. The summed E-state index contributed by atoms with van der Waals surface area (Å²) >= 11 is 0. The number of hydrogen-bond acceptors (Lipinski definition) is 0. The standard InChI is InChI=1S/C12H11P.2C5H5.ClH.Fe.Pt/c1-3-7-11(8-4-1)13-12-9-5-2-6-10-12;2*1-2-4-5-3-1;;;/h1-10,13H;2*1-5H;1H;;/q;;;;2*+2/p-1. The van der Waals surface area contributed by atoms with E-state index < -0.39 is 0 Å². The van der Waals surface area contributed by atoms with Crippen molar-refractivity contribution >= 4 is 19.2 Å². The Morgan fingerprint density at radius 3 is 0.885 bits per heavy atom. The molecule has 0 spiro atoms. The Morgan fingerprint density at radius 2 is 0.654 bits per heavy atom. The van der Waals surface area contributed by atoms with Crippen LogP contribution in [0.1, 0.15) is 0 Å². The molecule has 0 unspecified atom stereocenters. The van der Waals surface area contributed by atoms with Crippen LogP contribution in [0, 0.1) is 64.2 Å². The summed E-state index contributed by atoms with van der Waals surface area (Å²) in [5, 5.41) is 2.79. The predicted octanol–water partition coefficient (Wildman–Crippen LogP) is 1.36. The minimum absolute atomic E-state index is 0. The van der Waals surface area contributed by atoms with Crippen molar-refractivity contribution < 1.29 is 50.5 Å². The molecule has 0 nitrogen and oxygen atoms in total. The molecule has 26 heavy (non-hydrogen) atoms. The zero-order valence-corrected chi connectivity index (χ0v) is 19.2. The van der Waals surface area contributed by atoms with Crippen LogP contribution >= 0.6 is 8.58 Å². The molecule has 2 aliphatic rings. The number of rotatable bonds is 2. The average Bonchev–Trinajstić information content (AvgIpc) is 3.35. The van der Waals surface area contributed by atoms with Crippen molar-refractivity contribution in [1.29, 1.82) is 0 Å². The number of benzene rings is 2. The molecule has 0 N–H and O–H groups in total. The Morgan fingerprint density at radius 1 is 0.423 bits per heavy atom. The third kappa shape index (κ3) is 14.4. The molecule has 2 fully saturated rings. The van der Waals surface area contributed by atoms with E-state index >= 15 is 0 Å². The second-order valence-electron chi connectivity index (χ2n) is 4.78. The van der Waals surface area contributed by atoms with Gasteiger partial charge in [-0.05, 0) is 74.8 Å². The van der Waals surface area contributed by atoms with Gasteiger partial charge in [-0.15, -0.1) is 0 Å². The van der Waals surface area contributed by atoms with Crippen molar-refractivity contribution in [2.45, 2.75) is 0 Å². The van der Waals surface area contributed by atoms with E-state index in [1.54, 1.807) is 0 Å². The smallest absolute Gasteiger partial charge is 1.00 e. The third-order valence-corrected chi connectivity index (χ3v) is 4.19. The van der Waals surface area contributed by atoms with Gasteiger partial charge in [0.15, 0.2) is 0 Å². The fourth-order valence-corrected chi connectivity index (χ4v) is 2.90. The van der Waals surface area contributed by atoms with Gasteiger partial charge in [-0.2, -0.15) is 0 Å². The number of hydrogen-bond donors (Lipinski definition) is 0. The van der Waals surface area contributed by atoms with Crippen molar-refractivity contribution in [3.63, 3.8) is 0 Å². The van der Waals surface area contributed by atoms with E-state index in [-0.39, 0.29) is 50.5 Å². The first-order valence-electron chi connectivity index (χ1n) is 7.65. The molecule has 0 atom stereocenters. The van der Waals surface area contributed by atoms with Gasteiger partial charge in [-0.25, -0.2) is 0 Å². The Hall–Kier alpha value is 0.368. The Kier molecular flexibility index (Phi) is 22.1. The van der Waals surface area contributed by atoms with E-state index in [1.165, 1.54) is 10.6 Å². The molecule has 2 saturated carbocycles. The van der Waals surface area contributed by atoms with Crippen LogP contribution in [-0.4, -0.2) is 0 Å². The Bertz CT molecular complexity index is 439. The molecule has 136 valence electrons. The summed E-state index contributed by atoms with van der Waals surface area (Å²) in [5.41, 5.74) is 0. The average molecular weight is 603 g/mol. The van der Waals surface area contributed by atoms with E-state index in [0.717, 1.165) is 8.58 Å². The van der Waals surface area contributed by atoms with Crippen LogP contribution in [-0.2, 0) is 38.1 Å². The van der Waals surface area contributed by atoms with Crippen LogP contribution in [0.5, 0.6) is 0 Å². The van der Waals surface area contributed by atoms with Gasteiger partial charge in [0, 0.05) is 0 Å². The van der Waals surface area contributed by atoms with Crippen LogP contribution in [0.2, 0.25) is 0 Å². The summed E-state index contributed by atoms with van der Waals surface area (Å²) in [5.74, 6) is 0. The van der Waals surface area contributed by atoms with Crippen molar-refractivity contribution in [1.82, 2.24) is 0 Å². The van der Waals surface area contributed by atoms with Crippen LogP contribution in [0.3, 0.4) is 0 Å². The summed E-state index contributed by atoms with van der Waals surface area (Å²) in [6.07, 6.45) is 20.0. The first-order chi connectivity index (χ1) is 11.4.